The van der Waals surface area contributed by atoms with Crippen molar-refractivity contribution in [3.63, 3.8) is 0 Å². The first-order valence-corrected chi connectivity index (χ1v) is 5.08. The second-order valence-electron chi connectivity index (χ2n) is 2.50. The second kappa shape index (κ2) is 2.88. The zero-order chi connectivity index (χ0) is 8.48. The van der Waals surface area contributed by atoms with Gasteiger partial charge in [0.05, 0.1) is 0 Å². The summed E-state index contributed by atoms with van der Waals surface area (Å²) < 4.78 is 0. The molecule has 62 valence electrons. The zero-order valence-corrected chi connectivity index (χ0v) is 7.15. The van der Waals surface area contributed by atoms with Gasteiger partial charge in [-0.05, 0) is 0 Å². The Morgan fingerprint density at radius 2 is 1.45 bits per heavy atom. The molecular formula is C7H11O3P. The first kappa shape index (κ1) is 8.62. The van der Waals surface area contributed by atoms with Gasteiger partial charge in [-0.25, -0.2) is 0 Å². The monoisotopic (exact) mass is 174 g/mol. The average molecular weight is 174 g/mol. The first-order valence-electron chi connectivity index (χ1n) is 3.24. The van der Waals surface area contributed by atoms with Crippen LogP contribution in [0.4, 0.5) is 0 Å². The molecule has 0 radical (unpaired) electrons. The van der Waals surface area contributed by atoms with Crippen LogP contribution >= 0.6 is 7.94 Å². The van der Waals surface area contributed by atoms with Gasteiger partial charge in [0.1, 0.15) is 0 Å². The normalized spacial score (nSPS) is 13.1. The predicted octanol–water partition coefficient (Wildman–Crippen LogP) is 0.0921. The average Bonchev–Trinajstić information content (AvgIpc) is 1.86. The fraction of sp³-hybridized carbons (Fsp3) is 0.143. The zero-order valence-electron chi connectivity index (χ0n) is 6.15. The summed E-state index contributed by atoms with van der Waals surface area (Å²) in [6.07, 6.45) is 0. The van der Waals surface area contributed by atoms with Crippen LogP contribution in [0.3, 0.4) is 0 Å². The van der Waals surface area contributed by atoms with Gasteiger partial charge in [0.25, 0.3) is 0 Å². The van der Waals surface area contributed by atoms with Gasteiger partial charge >= 0.3 is 64.7 Å². The molecule has 0 amide bonds. The summed E-state index contributed by atoms with van der Waals surface area (Å²) in [4.78, 5) is 26.5. The summed E-state index contributed by atoms with van der Waals surface area (Å²) in [5.41, 5.74) is 1.02. The van der Waals surface area contributed by atoms with Gasteiger partial charge in [-0.2, -0.15) is 0 Å². The number of benzene rings is 1. The molecule has 3 N–H and O–H groups in total. The fourth-order valence-electron chi connectivity index (χ4n) is 0.777. The van der Waals surface area contributed by atoms with Gasteiger partial charge in [-0.1, -0.05) is 0 Å². The molecule has 11 heavy (non-hydrogen) atoms. The van der Waals surface area contributed by atoms with E-state index < -0.39 is 7.94 Å². The van der Waals surface area contributed by atoms with Gasteiger partial charge in [0, 0.05) is 0 Å². The number of aryl methyl sites for hydroxylation is 1. The standard InChI is InChI=1S/C7H11O3P/c1-6-2-4-7(5-3-6)11(8,9)10/h2-5,8-11H,1H3. The number of rotatable bonds is 1. The molecule has 0 saturated heterocycles. The SMILES string of the molecule is Cc1ccc([PH](O)(O)O)cc1. The van der Waals surface area contributed by atoms with Gasteiger partial charge < -0.3 is 0 Å². The molecule has 4 heteroatoms. The van der Waals surface area contributed by atoms with E-state index in [4.69, 9.17) is 14.7 Å². The minimum absolute atomic E-state index is 0.211. The Morgan fingerprint density at radius 1 is 1.00 bits per heavy atom. The maximum absolute atomic E-state index is 8.83. The van der Waals surface area contributed by atoms with Crippen LogP contribution in [-0.2, 0) is 0 Å². The summed E-state index contributed by atoms with van der Waals surface area (Å²) in [5.74, 6) is 0. The van der Waals surface area contributed by atoms with E-state index in [1.807, 2.05) is 6.92 Å². The third-order valence-electron chi connectivity index (χ3n) is 1.44. The van der Waals surface area contributed by atoms with Crippen LogP contribution in [0.1, 0.15) is 5.56 Å². The molecule has 0 spiro atoms. The molecule has 1 rings (SSSR count). The summed E-state index contributed by atoms with van der Waals surface area (Å²) in [6, 6.07) is 6.47. The first-order chi connectivity index (χ1) is 5.00. The summed E-state index contributed by atoms with van der Waals surface area (Å²) in [5, 5.41) is 0.211. The molecule has 0 aliphatic rings. The molecule has 0 fully saturated rings. The minimum atomic E-state index is -4.06. The fourth-order valence-corrected chi connectivity index (χ4v) is 1.39. The quantitative estimate of drug-likeness (QED) is 0.529. The molecule has 0 aliphatic carbocycles. The molecule has 0 bridgehead atoms. The topological polar surface area (TPSA) is 60.7 Å². The molecule has 0 atom stereocenters. The van der Waals surface area contributed by atoms with E-state index in [-0.39, 0.29) is 5.30 Å². The van der Waals surface area contributed by atoms with E-state index in [9.17, 15) is 0 Å². The molecular weight excluding hydrogens is 163 g/mol. The predicted molar refractivity (Wildman–Crippen MR) is 45.8 cm³/mol. The number of hydrogen-bond acceptors (Lipinski definition) is 3. The van der Waals surface area contributed by atoms with Crippen LogP contribution in [0.5, 0.6) is 0 Å². The van der Waals surface area contributed by atoms with Crippen molar-refractivity contribution in [2.45, 2.75) is 6.92 Å². The van der Waals surface area contributed by atoms with E-state index in [0.29, 0.717) is 0 Å². The van der Waals surface area contributed by atoms with Crippen LogP contribution in [0, 0.1) is 6.92 Å². The van der Waals surface area contributed by atoms with Gasteiger partial charge in [0.2, 0.25) is 0 Å². The Balaban J connectivity index is 2.99. The molecule has 0 unspecified atom stereocenters. The van der Waals surface area contributed by atoms with Crippen molar-refractivity contribution in [1.82, 2.24) is 0 Å². The van der Waals surface area contributed by atoms with Gasteiger partial charge in [0.15, 0.2) is 0 Å². The molecule has 1 aromatic carbocycles. The molecule has 3 nitrogen and oxygen atoms in total. The third kappa shape index (κ3) is 2.24. The van der Waals surface area contributed by atoms with Crippen molar-refractivity contribution in [1.29, 1.82) is 0 Å². The third-order valence-corrected chi connectivity index (χ3v) is 2.55. The Kier molecular flexibility index (Phi) is 2.25. The van der Waals surface area contributed by atoms with Crippen LogP contribution < -0.4 is 5.30 Å². The van der Waals surface area contributed by atoms with Crippen molar-refractivity contribution >= 4 is 13.2 Å². The maximum atomic E-state index is 8.83. The van der Waals surface area contributed by atoms with Crippen molar-refractivity contribution in [2.24, 2.45) is 0 Å². The second-order valence-corrected chi connectivity index (χ2v) is 4.35. The van der Waals surface area contributed by atoms with Crippen molar-refractivity contribution in [2.75, 3.05) is 0 Å². The van der Waals surface area contributed by atoms with Crippen LogP contribution in [0.25, 0.3) is 0 Å². The Bertz CT molecular complexity index is 237. The van der Waals surface area contributed by atoms with Crippen molar-refractivity contribution in [3.8, 4) is 0 Å². The van der Waals surface area contributed by atoms with E-state index >= 15 is 0 Å². The summed E-state index contributed by atoms with van der Waals surface area (Å²) in [7, 11) is -4.06. The van der Waals surface area contributed by atoms with Gasteiger partial charge in [-0.15, -0.1) is 0 Å². The van der Waals surface area contributed by atoms with Crippen molar-refractivity contribution in [3.05, 3.63) is 29.8 Å². The van der Waals surface area contributed by atoms with Gasteiger partial charge in [-0.3, -0.25) is 0 Å². The van der Waals surface area contributed by atoms with E-state index in [2.05, 4.69) is 0 Å². The van der Waals surface area contributed by atoms with Crippen LogP contribution in [-0.4, -0.2) is 14.7 Å². The summed E-state index contributed by atoms with van der Waals surface area (Å²) >= 11 is 0. The molecule has 0 aliphatic heterocycles. The van der Waals surface area contributed by atoms with E-state index in [1.165, 1.54) is 12.1 Å². The molecule has 0 saturated carbocycles. The number of hydrogen-bond donors (Lipinski definition) is 3. The molecule has 1 aromatic rings. The Hall–Kier alpha value is -0.470. The van der Waals surface area contributed by atoms with Crippen LogP contribution in [0.15, 0.2) is 24.3 Å². The summed E-state index contributed by atoms with van der Waals surface area (Å²) in [6.45, 7) is 1.89. The van der Waals surface area contributed by atoms with E-state index in [0.717, 1.165) is 5.56 Å². The Morgan fingerprint density at radius 3 is 1.82 bits per heavy atom. The van der Waals surface area contributed by atoms with Crippen LogP contribution in [0.2, 0.25) is 0 Å². The van der Waals surface area contributed by atoms with E-state index in [1.54, 1.807) is 12.1 Å². The molecule has 0 aromatic heterocycles. The molecule has 0 heterocycles. The Labute approximate surface area is 65.5 Å². The van der Waals surface area contributed by atoms with Crippen molar-refractivity contribution < 1.29 is 14.7 Å².